The summed E-state index contributed by atoms with van der Waals surface area (Å²) in [5.41, 5.74) is 1.06. The molecule has 1 heterocycles. The van der Waals surface area contributed by atoms with E-state index in [0.29, 0.717) is 23.9 Å². The van der Waals surface area contributed by atoms with Gasteiger partial charge in [-0.15, -0.1) is 0 Å². The molecule has 0 saturated heterocycles. The lowest BCUT2D eigenvalue weighted by atomic mass is 10.1. The summed E-state index contributed by atoms with van der Waals surface area (Å²) < 4.78 is 26.8. The number of hydrogen-bond donors (Lipinski definition) is 3. The molecule has 182 valence electrons. The molecule has 1 aromatic carbocycles. The summed E-state index contributed by atoms with van der Waals surface area (Å²) in [6, 6.07) is 2.31. The molecule has 6 nitrogen and oxygen atoms in total. The van der Waals surface area contributed by atoms with Crippen LogP contribution in [0.3, 0.4) is 0 Å². The lowest BCUT2D eigenvalue weighted by Crippen LogP contribution is -2.44. The van der Waals surface area contributed by atoms with Crippen LogP contribution in [0.15, 0.2) is 18.2 Å². The standard InChI is InChI=1S/C24H34F2N4O2S/c1-6-7-20(29-21(31)12-17-10-18(25)13-19(26)11-17)23(32)30-24-28-16(5)22(33-24)15(4)27-9-8-14(2)3/h10-11,13-15,20,27H,6-9,12H2,1-5H3,(H,29,31)(H,28,30,32). The molecule has 2 unspecified atom stereocenters. The summed E-state index contributed by atoms with van der Waals surface area (Å²) >= 11 is 1.41. The van der Waals surface area contributed by atoms with Crippen LogP contribution in [0.1, 0.15) is 69.1 Å². The second-order valence-corrected chi connectivity index (χ2v) is 9.71. The van der Waals surface area contributed by atoms with Gasteiger partial charge >= 0.3 is 0 Å². The van der Waals surface area contributed by atoms with Gasteiger partial charge in [-0.25, -0.2) is 13.8 Å². The zero-order valence-corrected chi connectivity index (χ0v) is 20.7. The minimum absolute atomic E-state index is 0.115. The van der Waals surface area contributed by atoms with E-state index in [2.05, 4.69) is 41.7 Å². The molecular formula is C24H34F2N4O2S. The Labute approximate surface area is 198 Å². The summed E-state index contributed by atoms with van der Waals surface area (Å²) in [5.74, 6) is -1.72. The van der Waals surface area contributed by atoms with Crippen LogP contribution < -0.4 is 16.0 Å². The molecule has 2 amide bonds. The monoisotopic (exact) mass is 480 g/mol. The minimum atomic E-state index is -0.768. The molecule has 9 heteroatoms. The largest absolute Gasteiger partial charge is 0.344 e. The maximum Gasteiger partial charge on any atom is 0.248 e. The van der Waals surface area contributed by atoms with Gasteiger partial charge in [-0.2, -0.15) is 0 Å². The fourth-order valence-electron chi connectivity index (χ4n) is 3.44. The SMILES string of the molecule is CCCC(NC(=O)Cc1cc(F)cc(F)c1)C(=O)Nc1nc(C)c(C(C)NCCC(C)C)s1. The first-order valence-corrected chi connectivity index (χ1v) is 12.2. The highest BCUT2D eigenvalue weighted by molar-refractivity contribution is 7.16. The molecule has 0 aliphatic rings. The van der Waals surface area contributed by atoms with Crippen LogP contribution >= 0.6 is 11.3 Å². The summed E-state index contributed by atoms with van der Waals surface area (Å²) in [6.45, 7) is 11.1. The van der Waals surface area contributed by atoms with Crippen molar-refractivity contribution in [2.75, 3.05) is 11.9 Å². The molecule has 3 N–H and O–H groups in total. The minimum Gasteiger partial charge on any atom is -0.344 e. The number of hydrogen-bond acceptors (Lipinski definition) is 5. The molecule has 2 atom stereocenters. The number of thiazole rings is 1. The van der Waals surface area contributed by atoms with E-state index >= 15 is 0 Å². The number of anilines is 1. The molecule has 0 fully saturated rings. The van der Waals surface area contributed by atoms with Gasteiger partial charge in [0.25, 0.3) is 0 Å². The van der Waals surface area contributed by atoms with Gasteiger partial charge in [0.05, 0.1) is 12.1 Å². The summed E-state index contributed by atoms with van der Waals surface area (Å²) in [7, 11) is 0. The Morgan fingerprint density at radius 3 is 2.36 bits per heavy atom. The van der Waals surface area contributed by atoms with E-state index < -0.39 is 23.6 Å². The molecule has 0 radical (unpaired) electrons. The number of aryl methyl sites for hydroxylation is 1. The van der Waals surface area contributed by atoms with Gasteiger partial charge in [-0.1, -0.05) is 38.5 Å². The Morgan fingerprint density at radius 2 is 1.76 bits per heavy atom. The molecule has 33 heavy (non-hydrogen) atoms. The van der Waals surface area contributed by atoms with Crippen LogP contribution in [-0.4, -0.2) is 29.4 Å². The van der Waals surface area contributed by atoms with E-state index in [1.165, 1.54) is 11.3 Å². The van der Waals surface area contributed by atoms with Gasteiger partial charge in [0, 0.05) is 17.0 Å². The van der Waals surface area contributed by atoms with E-state index in [-0.39, 0.29) is 23.9 Å². The van der Waals surface area contributed by atoms with Crippen LogP contribution in [0.25, 0.3) is 0 Å². The number of rotatable bonds is 12. The quantitative estimate of drug-likeness (QED) is 0.404. The van der Waals surface area contributed by atoms with Crippen molar-refractivity contribution in [1.29, 1.82) is 0 Å². The molecule has 0 saturated carbocycles. The number of nitrogens with zero attached hydrogens (tertiary/aromatic N) is 1. The van der Waals surface area contributed by atoms with Gasteiger partial charge in [0.2, 0.25) is 11.8 Å². The molecule has 0 bridgehead atoms. The maximum absolute atomic E-state index is 13.4. The number of carbonyl (C=O) groups is 2. The summed E-state index contributed by atoms with van der Waals surface area (Å²) in [6.07, 6.45) is 1.96. The van der Waals surface area contributed by atoms with Crippen LogP contribution in [0, 0.1) is 24.5 Å². The number of aromatic nitrogens is 1. The Hall–Kier alpha value is -2.39. The highest BCUT2D eigenvalue weighted by Crippen LogP contribution is 2.28. The van der Waals surface area contributed by atoms with Gasteiger partial charge < -0.3 is 16.0 Å². The van der Waals surface area contributed by atoms with Crippen molar-refractivity contribution < 1.29 is 18.4 Å². The highest BCUT2D eigenvalue weighted by atomic mass is 32.1. The number of benzene rings is 1. The third-order valence-electron chi connectivity index (χ3n) is 5.14. The lowest BCUT2D eigenvalue weighted by molar-refractivity contribution is -0.126. The number of nitrogens with one attached hydrogen (secondary N) is 3. The van der Waals surface area contributed by atoms with Gasteiger partial charge in [0.1, 0.15) is 17.7 Å². The number of amides is 2. The van der Waals surface area contributed by atoms with Crippen LogP contribution in [0.4, 0.5) is 13.9 Å². The van der Waals surface area contributed by atoms with Crippen LogP contribution in [0.2, 0.25) is 0 Å². The second kappa shape index (κ2) is 12.7. The zero-order chi connectivity index (χ0) is 24.5. The predicted molar refractivity (Wildman–Crippen MR) is 128 cm³/mol. The number of carbonyl (C=O) groups excluding carboxylic acids is 2. The fraction of sp³-hybridized carbons (Fsp3) is 0.542. The average Bonchev–Trinajstić information content (AvgIpc) is 3.06. The first kappa shape index (κ1) is 26.9. The smallest absolute Gasteiger partial charge is 0.248 e. The van der Waals surface area contributed by atoms with Gasteiger partial charge in [-0.05, 0) is 56.8 Å². The number of halogens is 2. The Morgan fingerprint density at radius 1 is 1.09 bits per heavy atom. The topological polar surface area (TPSA) is 83.1 Å². The summed E-state index contributed by atoms with van der Waals surface area (Å²) in [5, 5.41) is 9.45. The van der Waals surface area contributed by atoms with E-state index in [4.69, 9.17) is 0 Å². The van der Waals surface area contributed by atoms with Gasteiger partial charge in [0.15, 0.2) is 5.13 Å². The maximum atomic E-state index is 13.4. The van der Waals surface area contributed by atoms with E-state index in [0.717, 1.165) is 41.7 Å². The molecule has 1 aromatic heterocycles. The van der Waals surface area contributed by atoms with E-state index in [9.17, 15) is 18.4 Å². The normalized spacial score (nSPS) is 13.1. The van der Waals surface area contributed by atoms with Crippen LogP contribution in [0.5, 0.6) is 0 Å². The van der Waals surface area contributed by atoms with E-state index in [1.54, 1.807) is 0 Å². The second-order valence-electron chi connectivity index (χ2n) is 8.68. The molecule has 0 aliphatic carbocycles. The van der Waals surface area contributed by atoms with Crippen molar-refractivity contribution in [2.24, 2.45) is 5.92 Å². The van der Waals surface area contributed by atoms with Crippen molar-refractivity contribution >= 4 is 28.3 Å². The molecule has 2 aromatic rings. The average molecular weight is 481 g/mol. The first-order chi connectivity index (χ1) is 15.6. The fourth-order valence-corrected chi connectivity index (χ4v) is 4.43. The molecule has 0 spiro atoms. The third kappa shape index (κ3) is 8.81. The van der Waals surface area contributed by atoms with Crippen molar-refractivity contribution in [3.05, 3.63) is 46.0 Å². The lowest BCUT2D eigenvalue weighted by Gasteiger charge is -2.17. The van der Waals surface area contributed by atoms with Crippen molar-refractivity contribution in [3.8, 4) is 0 Å². The van der Waals surface area contributed by atoms with Crippen LogP contribution in [-0.2, 0) is 16.0 Å². The highest BCUT2D eigenvalue weighted by Gasteiger charge is 2.23. The molecule has 2 rings (SSSR count). The third-order valence-corrected chi connectivity index (χ3v) is 6.40. The van der Waals surface area contributed by atoms with E-state index in [1.807, 2.05) is 13.8 Å². The first-order valence-electron chi connectivity index (χ1n) is 11.3. The Balaban J connectivity index is 1.99. The predicted octanol–water partition coefficient (Wildman–Crippen LogP) is 4.89. The Kier molecular flexibility index (Phi) is 10.4. The molecular weight excluding hydrogens is 446 g/mol. The van der Waals surface area contributed by atoms with Crippen molar-refractivity contribution in [1.82, 2.24) is 15.6 Å². The molecule has 0 aliphatic heterocycles. The van der Waals surface area contributed by atoms with Gasteiger partial charge in [-0.3, -0.25) is 9.59 Å². The van der Waals surface area contributed by atoms with Crippen molar-refractivity contribution in [3.63, 3.8) is 0 Å². The van der Waals surface area contributed by atoms with Crippen molar-refractivity contribution in [2.45, 2.75) is 72.4 Å². The Bertz CT molecular complexity index is 928. The summed E-state index contributed by atoms with van der Waals surface area (Å²) in [4.78, 5) is 30.8. The zero-order valence-electron chi connectivity index (χ0n) is 19.9.